The molecule has 1 rings (SSSR count). The van der Waals surface area contributed by atoms with Gasteiger partial charge in [0.1, 0.15) is 6.54 Å². The largest absolute Gasteiger partial charge is 0.345 e. The van der Waals surface area contributed by atoms with Gasteiger partial charge in [0.05, 0.1) is 12.8 Å². The van der Waals surface area contributed by atoms with Gasteiger partial charge in [-0.05, 0) is 25.8 Å². The molecule has 0 aromatic rings. The van der Waals surface area contributed by atoms with Crippen molar-refractivity contribution >= 4 is 6.21 Å². The van der Waals surface area contributed by atoms with Crippen LogP contribution in [0.15, 0.2) is 17.1 Å². The van der Waals surface area contributed by atoms with E-state index >= 15 is 0 Å². The van der Waals surface area contributed by atoms with E-state index in [9.17, 15) is 5.11 Å². The van der Waals surface area contributed by atoms with Crippen molar-refractivity contribution in [1.82, 2.24) is 0 Å². The van der Waals surface area contributed by atoms with Crippen molar-refractivity contribution in [2.24, 2.45) is 4.99 Å². The first-order valence-corrected chi connectivity index (χ1v) is 8.40. The first-order valence-electron chi connectivity index (χ1n) is 8.40. The van der Waals surface area contributed by atoms with Gasteiger partial charge in [-0.3, -0.25) is 4.48 Å². The fourth-order valence-corrected chi connectivity index (χ4v) is 2.98. The molecule has 0 saturated carbocycles. The van der Waals surface area contributed by atoms with Gasteiger partial charge in [-0.1, -0.05) is 45.1 Å². The van der Waals surface area contributed by atoms with Gasteiger partial charge in [0.25, 0.3) is 0 Å². The normalized spacial score (nSPS) is 27.5. The van der Waals surface area contributed by atoms with E-state index in [2.05, 4.69) is 31.0 Å². The van der Waals surface area contributed by atoms with Crippen molar-refractivity contribution in [3.63, 3.8) is 0 Å². The first-order chi connectivity index (χ1) is 9.67. The molecule has 1 aliphatic heterocycles. The molecule has 0 bridgehead atoms. The summed E-state index contributed by atoms with van der Waals surface area (Å²) in [5.41, 5.74) is 0. The molecule has 0 aromatic carbocycles. The quantitative estimate of drug-likeness (QED) is 0.368. The lowest BCUT2D eigenvalue weighted by atomic mass is 10.1. The van der Waals surface area contributed by atoms with E-state index in [1.807, 2.05) is 13.1 Å². The summed E-state index contributed by atoms with van der Waals surface area (Å²) in [5, 5.41) is 10.1. The second-order valence-corrected chi connectivity index (χ2v) is 5.96. The van der Waals surface area contributed by atoms with Gasteiger partial charge in [-0.2, -0.15) is 0 Å². The highest BCUT2D eigenvalue weighted by atomic mass is 16.3. The molecule has 116 valence electrons. The number of nitrogens with zero attached hydrogens (tertiary/aromatic N) is 2. The maximum absolute atomic E-state index is 10.1. The molecule has 3 heteroatoms. The Morgan fingerprint density at radius 3 is 2.60 bits per heavy atom. The molecule has 3 nitrogen and oxygen atoms in total. The number of unbranched alkanes of at least 4 members (excludes halogenated alkanes) is 6. The van der Waals surface area contributed by atoms with Crippen LogP contribution in [-0.2, 0) is 0 Å². The summed E-state index contributed by atoms with van der Waals surface area (Å²) in [7, 11) is 0. The number of aliphatic imine (C=N–C) groups is 1. The lowest BCUT2D eigenvalue weighted by Crippen LogP contribution is -2.57. The Bertz CT molecular complexity index is 312. The monoisotopic (exact) mass is 281 g/mol. The lowest BCUT2D eigenvalue weighted by Gasteiger charge is -2.39. The first kappa shape index (κ1) is 17.4. The molecule has 0 aromatic heterocycles. The number of allylic oxidation sites excluding steroid dienone is 1. The van der Waals surface area contributed by atoms with Gasteiger partial charge >= 0.3 is 0 Å². The second kappa shape index (κ2) is 9.30. The molecular weight excluding hydrogens is 248 g/mol. The molecule has 3 atom stereocenters. The smallest absolute Gasteiger partial charge is 0.204 e. The van der Waals surface area contributed by atoms with E-state index in [1.54, 1.807) is 0 Å². The number of hydrogen-bond donors (Lipinski definition) is 1. The standard InChI is InChI=1S/C17H33N2O/c1-4-6-7-8-9-10-11-12-13-17-18-14-15-19(17,5-2)16(3)20/h12-14,16-17,20H,4-11,15H2,1-3H3/q+1/b13-12+. The van der Waals surface area contributed by atoms with Crippen LogP contribution >= 0.6 is 0 Å². The third-order valence-electron chi connectivity index (χ3n) is 4.57. The number of aliphatic hydroxyl groups is 1. The van der Waals surface area contributed by atoms with Crippen LogP contribution in [0, 0.1) is 0 Å². The van der Waals surface area contributed by atoms with Crippen LogP contribution in [0.3, 0.4) is 0 Å². The van der Waals surface area contributed by atoms with Crippen LogP contribution in [0.2, 0.25) is 0 Å². The fourth-order valence-electron chi connectivity index (χ4n) is 2.98. The van der Waals surface area contributed by atoms with Gasteiger partial charge in [0, 0.05) is 6.92 Å². The average molecular weight is 281 g/mol. The molecule has 0 spiro atoms. The number of aliphatic hydroxyl groups excluding tert-OH is 1. The van der Waals surface area contributed by atoms with Crippen molar-refractivity contribution in [2.75, 3.05) is 13.1 Å². The summed E-state index contributed by atoms with van der Waals surface area (Å²) >= 11 is 0. The molecule has 1 heterocycles. The van der Waals surface area contributed by atoms with Crippen molar-refractivity contribution in [1.29, 1.82) is 0 Å². The maximum Gasteiger partial charge on any atom is 0.204 e. The molecule has 0 fully saturated rings. The minimum absolute atomic E-state index is 0.111. The van der Waals surface area contributed by atoms with Gasteiger partial charge in [0.15, 0.2) is 6.23 Å². The highest BCUT2D eigenvalue weighted by Gasteiger charge is 2.40. The zero-order valence-electron chi connectivity index (χ0n) is 13.6. The number of hydrogen-bond acceptors (Lipinski definition) is 2. The number of quaternary nitrogens is 1. The van der Waals surface area contributed by atoms with Crippen molar-refractivity contribution in [3.8, 4) is 0 Å². The Kier molecular flexibility index (Phi) is 8.08. The van der Waals surface area contributed by atoms with Crippen LogP contribution in [0.5, 0.6) is 0 Å². The molecule has 1 aliphatic rings. The van der Waals surface area contributed by atoms with Crippen LogP contribution in [-0.4, -0.2) is 41.3 Å². The second-order valence-electron chi connectivity index (χ2n) is 5.96. The van der Waals surface area contributed by atoms with E-state index < -0.39 is 0 Å². The maximum atomic E-state index is 10.1. The number of likely N-dealkylation sites (N-methyl/N-ethyl adjacent to an activating group) is 1. The van der Waals surface area contributed by atoms with E-state index in [0.717, 1.165) is 19.5 Å². The Morgan fingerprint density at radius 2 is 1.95 bits per heavy atom. The van der Waals surface area contributed by atoms with E-state index in [0.29, 0.717) is 4.48 Å². The molecule has 3 unspecified atom stereocenters. The summed E-state index contributed by atoms with van der Waals surface area (Å²) in [6, 6.07) is 0. The fraction of sp³-hybridized carbons (Fsp3) is 0.824. The van der Waals surface area contributed by atoms with Crippen LogP contribution < -0.4 is 0 Å². The highest BCUT2D eigenvalue weighted by molar-refractivity contribution is 5.60. The van der Waals surface area contributed by atoms with Gasteiger partial charge in [-0.15, -0.1) is 0 Å². The molecule has 0 aliphatic carbocycles. The zero-order chi connectivity index (χ0) is 14.8. The van der Waals surface area contributed by atoms with Crippen molar-refractivity contribution < 1.29 is 9.59 Å². The SMILES string of the molecule is CCCCCCCC/C=C/C1N=CC[N+]1(CC)C(C)O. The predicted octanol–water partition coefficient (Wildman–Crippen LogP) is 3.88. The average Bonchev–Trinajstić information content (AvgIpc) is 2.86. The third-order valence-corrected chi connectivity index (χ3v) is 4.57. The lowest BCUT2D eigenvalue weighted by molar-refractivity contribution is -0.970. The van der Waals surface area contributed by atoms with E-state index in [-0.39, 0.29) is 12.4 Å². The number of rotatable bonds is 10. The summed E-state index contributed by atoms with van der Waals surface area (Å²) in [5.74, 6) is 0. The molecule has 0 saturated heterocycles. The van der Waals surface area contributed by atoms with Gasteiger partial charge < -0.3 is 5.11 Å². The van der Waals surface area contributed by atoms with Gasteiger partial charge in [-0.25, -0.2) is 4.99 Å². The summed E-state index contributed by atoms with van der Waals surface area (Å²) in [6.07, 6.45) is 15.4. The highest BCUT2D eigenvalue weighted by Crippen LogP contribution is 2.23. The molecular formula is C17H33N2O+. The van der Waals surface area contributed by atoms with E-state index in [4.69, 9.17) is 0 Å². The summed E-state index contributed by atoms with van der Waals surface area (Å²) in [4.78, 5) is 4.54. The summed E-state index contributed by atoms with van der Waals surface area (Å²) in [6.45, 7) is 8.04. The Balaban J connectivity index is 2.28. The van der Waals surface area contributed by atoms with Gasteiger partial charge in [0.2, 0.25) is 6.17 Å². The Morgan fingerprint density at radius 1 is 1.25 bits per heavy atom. The minimum Gasteiger partial charge on any atom is -0.345 e. The third kappa shape index (κ3) is 4.71. The topological polar surface area (TPSA) is 32.6 Å². The molecule has 0 radical (unpaired) electrons. The van der Waals surface area contributed by atoms with E-state index in [1.165, 1.54) is 38.5 Å². The molecule has 20 heavy (non-hydrogen) atoms. The van der Waals surface area contributed by atoms with Crippen molar-refractivity contribution in [3.05, 3.63) is 12.2 Å². The molecule has 1 N–H and O–H groups in total. The summed E-state index contributed by atoms with van der Waals surface area (Å²) < 4.78 is 0.660. The van der Waals surface area contributed by atoms with Crippen molar-refractivity contribution in [2.45, 2.75) is 78.1 Å². The predicted molar refractivity (Wildman–Crippen MR) is 86.8 cm³/mol. The Labute approximate surface area is 125 Å². The minimum atomic E-state index is -0.355. The Hall–Kier alpha value is -0.670. The van der Waals surface area contributed by atoms with Crippen LogP contribution in [0.25, 0.3) is 0 Å². The molecule has 0 amide bonds. The van der Waals surface area contributed by atoms with Crippen LogP contribution in [0.1, 0.15) is 65.7 Å². The zero-order valence-corrected chi connectivity index (χ0v) is 13.6. The van der Waals surface area contributed by atoms with Crippen LogP contribution in [0.4, 0.5) is 0 Å².